The highest BCUT2D eigenvalue weighted by atomic mass is 16.5. The summed E-state index contributed by atoms with van der Waals surface area (Å²) in [5.74, 6) is 1.91. The van der Waals surface area contributed by atoms with Crippen LogP contribution in [0.1, 0.15) is 24.1 Å². The van der Waals surface area contributed by atoms with E-state index in [1.807, 2.05) is 24.3 Å². The molecule has 0 radical (unpaired) electrons. The highest BCUT2D eigenvalue weighted by Crippen LogP contribution is 2.42. The summed E-state index contributed by atoms with van der Waals surface area (Å²) in [4.78, 5) is 2.31. The maximum absolute atomic E-state index is 6.01. The molecule has 110 valence electrons. The maximum Gasteiger partial charge on any atom is 0.132 e. The van der Waals surface area contributed by atoms with Crippen LogP contribution in [0.3, 0.4) is 0 Å². The van der Waals surface area contributed by atoms with Crippen LogP contribution in [0.5, 0.6) is 11.5 Å². The zero-order valence-corrected chi connectivity index (χ0v) is 12.7. The van der Waals surface area contributed by atoms with E-state index in [9.17, 15) is 0 Å². The molecule has 0 bridgehead atoms. The number of nitrogens with one attached hydrogen (secondary N) is 1. The van der Waals surface area contributed by atoms with Crippen LogP contribution in [-0.4, -0.2) is 31.6 Å². The number of fused-ring (bicyclic) bond motifs is 2. The number of hydrogen-bond acceptors (Lipinski definition) is 3. The van der Waals surface area contributed by atoms with Crippen molar-refractivity contribution in [1.82, 2.24) is 10.2 Å². The van der Waals surface area contributed by atoms with Crippen molar-refractivity contribution in [1.29, 1.82) is 0 Å². The van der Waals surface area contributed by atoms with Crippen molar-refractivity contribution in [2.24, 2.45) is 0 Å². The van der Waals surface area contributed by atoms with Gasteiger partial charge in [0.1, 0.15) is 11.5 Å². The standard InChI is InChI=1S/C18H22N2O/c1-3-20(2)13-12-19-18-14-8-4-6-10-16(14)21-17-11-7-5-9-15(17)18/h4-11,18-19H,3,12-13H2,1-2H3. The molecule has 1 heterocycles. The van der Waals surface area contributed by atoms with E-state index in [4.69, 9.17) is 4.74 Å². The molecule has 0 atom stereocenters. The Kier molecular flexibility index (Phi) is 4.23. The third kappa shape index (κ3) is 2.94. The number of nitrogens with zero attached hydrogens (tertiary/aromatic N) is 1. The first-order valence-electron chi connectivity index (χ1n) is 7.57. The minimum Gasteiger partial charge on any atom is -0.457 e. The monoisotopic (exact) mass is 282 g/mol. The Morgan fingerprint density at radius 2 is 1.57 bits per heavy atom. The fourth-order valence-electron chi connectivity index (χ4n) is 2.69. The average molecular weight is 282 g/mol. The Labute approximate surface area is 126 Å². The van der Waals surface area contributed by atoms with Crippen molar-refractivity contribution in [3.63, 3.8) is 0 Å². The summed E-state index contributed by atoms with van der Waals surface area (Å²) in [5.41, 5.74) is 2.44. The van der Waals surface area contributed by atoms with Gasteiger partial charge in [0, 0.05) is 24.2 Å². The third-order valence-electron chi connectivity index (χ3n) is 4.06. The molecular weight excluding hydrogens is 260 g/mol. The van der Waals surface area contributed by atoms with Crippen molar-refractivity contribution in [2.75, 3.05) is 26.7 Å². The van der Waals surface area contributed by atoms with Crippen LogP contribution in [-0.2, 0) is 0 Å². The maximum atomic E-state index is 6.01. The number of para-hydroxylation sites is 2. The van der Waals surface area contributed by atoms with E-state index >= 15 is 0 Å². The van der Waals surface area contributed by atoms with E-state index in [0.29, 0.717) is 0 Å². The second kappa shape index (κ2) is 6.29. The van der Waals surface area contributed by atoms with Gasteiger partial charge in [-0.1, -0.05) is 43.3 Å². The summed E-state index contributed by atoms with van der Waals surface area (Å²) in [6.07, 6.45) is 0. The first-order chi connectivity index (χ1) is 10.3. The van der Waals surface area contributed by atoms with Gasteiger partial charge >= 0.3 is 0 Å². The fourth-order valence-corrected chi connectivity index (χ4v) is 2.69. The Balaban J connectivity index is 1.84. The van der Waals surface area contributed by atoms with Gasteiger partial charge in [0.05, 0.1) is 6.04 Å². The number of likely N-dealkylation sites (N-methyl/N-ethyl adjacent to an activating group) is 1. The zero-order chi connectivity index (χ0) is 14.7. The van der Waals surface area contributed by atoms with E-state index in [1.165, 1.54) is 11.1 Å². The molecule has 0 spiro atoms. The van der Waals surface area contributed by atoms with Crippen molar-refractivity contribution in [3.8, 4) is 11.5 Å². The van der Waals surface area contributed by atoms with Crippen LogP contribution < -0.4 is 10.1 Å². The first kappa shape index (κ1) is 14.1. The van der Waals surface area contributed by atoms with Gasteiger partial charge in [-0.3, -0.25) is 0 Å². The van der Waals surface area contributed by atoms with Crippen molar-refractivity contribution < 1.29 is 4.74 Å². The summed E-state index contributed by atoms with van der Waals surface area (Å²) < 4.78 is 6.01. The lowest BCUT2D eigenvalue weighted by Crippen LogP contribution is -2.33. The molecule has 0 unspecified atom stereocenters. The molecular formula is C18H22N2O. The van der Waals surface area contributed by atoms with Crippen LogP contribution >= 0.6 is 0 Å². The number of benzene rings is 2. The molecule has 0 aliphatic carbocycles. The molecule has 1 aliphatic rings. The molecule has 3 rings (SSSR count). The zero-order valence-electron chi connectivity index (χ0n) is 12.7. The second-order valence-electron chi connectivity index (χ2n) is 5.46. The Hall–Kier alpha value is -1.84. The molecule has 0 aromatic heterocycles. The molecule has 2 aromatic rings. The van der Waals surface area contributed by atoms with Crippen LogP contribution in [0.25, 0.3) is 0 Å². The van der Waals surface area contributed by atoms with E-state index in [-0.39, 0.29) is 6.04 Å². The lowest BCUT2D eigenvalue weighted by Gasteiger charge is -2.29. The van der Waals surface area contributed by atoms with E-state index in [1.54, 1.807) is 0 Å². The molecule has 21 heavy (non-hydrogen) atoms. The summed E-state index contributed by atoms with van der Waals surface area (Å²) in [7, 11) is 2.15. The van der Waals surface area contributed by atoms with E-state index in [2.05, 4.69) is 48.5 Å². The fraction of sp³-hybridized carbons (Fsp3) is 0.333. The number of rotatable bonds is 5. The molecule has 1 N–H and O–H groups in total. The molecule has 3 heteroatoms. The van der Waals surface area contributed by atoms with Crippen LogP contribution in [0.4, 0.5) is 0 Å². The predicted octanol–water partition coefficient (Wildman–Crippen LogP) is 3.42. The Morgan fingerprint density at radius 3 is 2.14 bits per heavy atom. The lowest BCUT2D eigenvalue weighted by atomic mass is 9.94. The van der Waals surface area contributed by atoms with Crippen molar-refractivity contribution in [3.05, 3.63) is 59.7 Å². The highest BCUT2D eigenvalue weighted by molar-refractivity contribution is 5.52. The van der Waals surface area contributed by atoms with Gasteiger partial charge in [-0.15, -0.1) is 0 Å². The third-order valence-corrected chi connectivity index (χ3v) is 4.06. The molecule has 0 saturated heterocycles. The molecule has 3 nitrogen and oxygen atoms in total. The van der Waals surface area contributed by atoms with Gasteiger partial charge < -0.3 is 15.0 Å². The van der Waals surface area contributed by atoms with Crippen molar-refractivity contribution in [2.45, 2.75) is 13.0 Å². The molecule has 0 fully saturated rings. The smallest absolute Gasteiger partial charge is 0.132 e. The van der Waals surface area contributed by atoms with Gasteiger partial charge in [-0.05, 0) is 25.7 Å². The van der Waals surface area contributed by atoms with Crippen LogP contribution in [0.2, 0.25) is 0 Å². The van der Waals surface area contributed by atoms with Gasteiger partial charge in [-0.2, -0.15) is 0 Å². The van der Waals surface area contributed by atoms with Gasteiger partial charge in [0.15, 0.2) is 0 Å². The highest BCUT2D eigenvalue weighted by Gasteiger charge is 2.25. The topological polar surface area (TPSA) is 24.5 Å². The Morgan fingerprint density at radius 1 is 1.00 bits per heavy atom. The number of ether oxygens (including phenoxy) is 1. The second-order valence-corrected chi connectivity index (χ2v) is 5.46. The van der Waals surface area contributed by atoms with Gasteiger partial charge in [0.25, 0.3) is 0 Å². The van der Waals surface area contributed by atoms with Crippen LogP contribution in [0, 0.1) is 0 Å². The predicted molar refractivity (Wildman–Crippen MR) is 86.0 cm³/mol. The SMILES string of the molecule is CCN(C)CCNC1c2ccccc2Oc2ccccc21. The molecule has 1 aliphatic heterocycles. The molecule has 0 amide bonds. The quantitative estimate of drug-likeness (QED) is 0.909. The van der Waals surface area contributed by atoms with Gasteiger partial charge in [0.2, 0.25) is 0 Å². The van der Waals surface area contributed by atoms with Crippen molar-refractivity contribution >= 4 is 0 Å². The largest absolute Gasteiger partial charge is 0.457 e. The minimum atomic E-state index is 0.205. The van der Waals surface area contributed by atoms with Crippen LogP contribution in [0.15, 0.2) is 48.5 Å². The lowest BCUT2D eigenvalue weighted by molar-refractivity contribution is 0.340. The summed E-state index contributed by atoms with van der Waals surface area (Å²) >= 11 is 0. The summed E-state index contributed by atoms with van der Waals surface area (Å²) in [6.45, 7) is 5.25. The minimum absolute atomic E-state index is 0.205. The summed E-state index contributed by atoms with van der Waals surface area (Å²) in [6, 6.07) is 16.8. The normalized spacial score (nSPS) is 13.7. The Bertz CT molecular complexity index is 566. The first-order valence-corrected chi connectivity index (χ1v) is 7.57. The summed E-state index contributed by atoms with van der Waals surface area (Å²) in [5, 5.41) is 3.68. The molecule has 0 saturated carbocycles. The number of hydrogen-bond donors (Lipinski definition) is 1. The van der Waals surface area contributed by atoms with Gasteiger partial charge in [-0.25, -0.2) is 0 Å². The molecule has 2 aromatic carbocycles. The van der Waals surface area contributed by atoms with E-state index in [0.717, 1.165) is 31.1 Å². The average Bonchev–Trinajstić information content (AvgIpc) is 2.54. The van der Waals surface area contributed by atoms with E-state index < -0.39 is 0 Å².